The Morgan fingerprint density at radius 2 is 2.10 bits per heavy atom. The molecule has 0 unspecified atom stereocenters. The fourth-order valence-electron chi connectivity index (χ4n) is 3.93. The summed E-state index contributed by atoms with van der Waals surface area (Å²) in [6.07, 6.45) is 4.08. The number of pyridine rings is 1. The van der Waals surface area contributed by atoms with Crippen LogP contribution in [0.5, 0.6) is 5.88 Å². The van der Waals surface area contributed by atoms with Gasteiger partial charge in [0.1, 0.15) is 23.3 Å². The maximum absolute atomic E-state index is 6.51. The average molecular weight is 455 g/mol. The van der Waals surface area contributed by atoms with E-state index in [1.54, 1.807) is 11.8 Å². The monoisotopic (exact) mass is 454 g/mol. The highest BCUT2D eigenvalue weighted by Gasteiger charge is 2.17. The van der Waals surface area contributed by atoms with Crippen LogP contribution in [0.15, 0.2) is 36.1 Å². The molecule has 0 spiro atoms. The zero-order chi connectivity index (χ0) is 21.2. The first kappa shape index (κ1) is 20.4. The second-order valence-electron chi connectivity index (χ2n) is 7.68. The molecule has 9 heteroatoms. The lowest BCUT2D eigenvalue weighted by Crippen LogP contribution is -2.25. The Kier molecular flexibility index (Phi) is 5.85. The number of hydrogen-bond acceptors (Lipinski definition) is 8. The third-order valence-corrected chi connectivity index (χ3v) is 6.62. The molecule has 1 atom stereocenters. The summed E-state index contributed by atoms with van der Waals surface area (Å²) in [6, 6.07) is 7.80. The van der Waals surface area contributed by atoms with Crippen molar-refractivity contribution in [3.63, 3.8) is 0 Å². The summed E-state index contributed by atoms with van der Waals surface area (Å²) in [6.45, 7) is 5.82. The molecule has 0 bridgehead atoms. The van der Waals surface area contributed by atoms with Crippen molar-refractivity contribution < 1.29 is 4.74 Å². The number of ether oxygens (including phenoxy) is 1. The number of hydrogen-bond donors (Lipinski definition) is 1. The summed E-state index contributed by atoms with van der Waals surface area (Å²) >= 11 is 8.01. The van der Waals surface area contributed by atoms with E-state index in [4.69, 9.17) is 21.3 Å². The fraction of sp³-hybridized carbons (Fsp3) is 0.364. The zero-order valence-corrected chi connectivity index (χ0v) is 18.8. The third-order valence-electron chi connectivity index (χ3n) is 5.57. The molecule has 4 heterocycles. The van der Waals surface area contributed by atoms with E-state index in [0.717, 1.165) is 46.4 Å². The van der Waals surface area contributed by atoms with Gasteiger partial charge in [0.15, 0.2) is 5.82 Å². The van der Waals surface area contributed by atoms with Crippen LogP contribution in [0.1, 0.15) is 31.5 Å². The molecule has 1 saturated heterocycles. The lowest BCUT2D eigenvalue weighted by atomic mass is 10.1. The van der Waals surface area contributed by atoms with Crippen LogP contribution < -0.4 is 10.1 Å². The molecule has 7 nitrogen and oxygen atoms in total. The van der Waals surface area contributed by atoms with Crippen LogP contribution in [0.2, 0.25) is 5.02 Å². The quantitative estimate of drug-likeness (QED) is 0.424. The fourth-order valence-corrected chi connectivity index (χ4v) is 4.82. The highest BCUT2D eigenvalue weighted by Crippen LogP contribution is 2.34. The Morgan fingerprint density at radius 3 is 2.97 bits per heavy atom. The maximum atomic E-state index is 6.51. The van der Waals surface area contributed by atoms with Gasteiger partial charge in [-0.2, -0.15) is 0 Å². The third kappa shape index (κ3) is 4.28. The number of anilines is 1. The van der Waals surface area contributed by atoms with E-state index in [2.05, 4.69) is 25.2 Å². The number of halogens is 1. The first-order chi connectivity index (χ1) is 15.2. The smallest absolute Gasteiger partial charge is 0.223 e. The lowest BCUT2D eigenvalue weighted by molar-refractivity contribution is 0.233. The first-order valence-corrected chi connectivity index (χ1v) is 11.7. The topological polar surface area (TPSA) is 76.1 Å². The number of likely N-dealkylation sites (tertiary alicyclic amines) is 1. The van der Waals surface area contributed by atoms with Gasteiger partial charge in [-0.25, -0.2) is 19.9 Å². The molecule has 3 aromatic heterocycles. The van der Waals surface area contributed by atoms with Crippen LogP contribution in [-0.2, 0) is 0 Å². The molecule has 31 heavy (non-hydrogen) atoms. The van der Waals surface area contributed by atoms with Crippen LogP contribution in [0.4, 0.5) is 5.82 Å². The zero-order valence-electron chi connectivity index (χ0n) is 17.2. The van der Waals surface area contributed by atoms with Gasteiger partial charge in [0.25, 0.3) is 0 Å². The Hall–Kier alpha value is -2.55. The van der Waals surface area contributed by atoms with Crippen molar-refractivity contribution in [2.75, 3.05) is 31.6 Å². The van der Waals surface area contributed by atoms with E-state index in [1.165, 1.54) is 24.2 Å². The van der Waals surface area contributed by atoms with E-state index in [9.17, 15) is 0 Å². The van der Waals surface area contributed by atoms with Crippen molar-refractivity contribution in [2.24, 2.45) is 0 Å². The predicted octanol–water partition coefficient (Wildman–Crippen LogP) is 4.94. The van der Waals surface area contributed by atoms with E-state index in [1.807, 2.05) is 31.2 Å². The molecule has 1 aromatic carbocycles. The molecule has 1 fully saturated rings. The molecule has 4 aromatic rings. The average Bonchev–Trinajstić information content (AvgIpc) is 3.46. The number of rotatable bonds is 7. The van der Waals surface area contributed by atoms with Crippen molar-refractivity contribution in [2.45, 2.75) is 25.8 Å². The van der Waals surface area contributed by atoms with Crippen LogP contribution in [0.3, 0.4) is 0 Å². The lowest BCUT2D eigenvalue weighted by Gasteiger charge is -2.19. The van der Waals surface area contributed by atoms with Gasteiger partial charge < -0.3 is 10.1 Å². The maximum Gasteiger partial charge on any atom is 0.223 e. The standard InChI is InChI=1S/C22H23ClN6OS/c1-14(27-20-19-22(25-12-24-20)31-13-26-19)17-11-15-5-4-6-16(23)18(15)21(28-17)30-10-9-29-7-2-3-8-29/h4-6,11-14H,2-3,7-10H2,1H3,(H,24,25,27)/t14-/m0/s1. The highest BCUT2D eigenvalue weighted by atomic mass is 35.5. The van der Waals surface area contributed by atoms with Crippen molar-refractivity contribution in [1.82, 2.24) is 24.8 Å². The van der Waals surface area contributed by atoms with Crippen LogP contribution in [0.25, 0.3) is 21.1 Å². The van der Waals surface area contributed by atoms with E-state index in [0.29, 0.717) is 23.3 Å². The molecule has 160 valence electrons. The van der Waals surface area contributed by atoms with Crippen LogP contribution in [-0.4, -0.2) is 51.1 Å². The molecule has 0 amide bonds. The Labute approximate surface area is 189 Å². The van der Waals surface area contributed by atoms with Crippen molar-refractivity contribution in [1.29, 1.82) is 0 Å². The molecular weight excluding hydrogens is 432 g/mol. The molecule has 1 N–H and O–H groups in total. The summed E-state index contributed by atoms with van der Waals surface area (Å²) in [5.41, 5.74) is 3.40. The Bertz CT molecular complexity index is 1210. The summed E-state index contributed by atoms with van der Waals surface area (Å²) in [5.74, 6) is 1.27. The summed E-state index contributed by atoms with van der Waals surface area (Å²) in [4.78, 5) is 21.1. The van der Waals surface area contributed by atoms with Crippen molar-refractivity contribution >= 4 is 49.9 Å². The van der Waals surface area contributed by atoms with Gasteiger partial charge >= 0.3 is 0 Å². The van der Waals surface area contributed by atoms with Gasteiger partial charge in [-0.15, -0.1) is 11.3 Å². The van der Waals surface area contributed by atoms with Gasteiger partial charge in [0.05, 0.1) is 27.7 Å². The van der Waals surface area contributed by atoms with Gasteiger partial charge in [0, 0.05) is 6.54 Å². The molecule has 5 rings (SSSR count). The Balaban J connectivity index is 1.43. The minimum atomic E-state index is -0.107. The van der Waals surface area contributed by atoms with Gasteiger partial charge in [-0.3, -0.25) is 4.90 Å². The predicted molar refractivity (Wildman–Crippen MR) is 125 cm³/mol. The molecular formula is C22H23ClN6OS. The summed E-state index contributed by atoms with van der Waals surface area (Å²) < 4.78 is 6.16. The van der Waals surface area contributed by atoms with Crippen LogP contribution >= 0.6 is 22.9 Å². The molecule has 0 saturated carbocycles. The summed E-state index contributed by atoms with van der Waals surface area (Å²) in [7, 11) is 0. The SMILES string of the molecule is C[C@H](Nc1ncnc2scnc12)c1cc2cccc(Cl)c2c(OCCN2CCCC2)n1. The van der Waals surface area contributed by atoms with Crippen molar-refractivity contribution in [3.8, 4) is 5.88 Å². The molecule has 1 aliphatic heterocycles. The highest BCUT2D eigenvalue weighted by molar-refractivity contribution is 7.16. The van der Waals surface area contributed by atoms with Gasteiger partial charge in [-0.05, 0) is 50.4 Å². The molecule has 0 aliphatic carbocycles. The van der Waals surface area contributed by atoms with Gasteiger partial charge in [-0.1, -0.05) is 23.7 Å². The first-order valence-electron chi connectivity index (χ1n) is 10.4. The Morgan fingerprint density at radius 1 is 1.23 bits per heavy atom. The molecule has 1 aliphatic rings. The largest absolute Gasteiger partial charge is 0.476 e. The van der Waals surface area contributed by atoms with Gasteiger partial charge in [0.2, 0.25) is 5.88 Å². The second-order valence-corrected chi connectivity index (χ2v) is 8.92. The number of benzene rings is 1. The number of fused-ring (bicyclic) bond motifs is 2. The van der Waals surface area contributed by atoms with E-state index < -0.39 is 0 Å². The summed E-state index contributed by atoms with van der Waals surface area (Å²) in [5, 5.41) is 5.93. The molecule has 0 radical (unpaired) electrons. The number of aromatic nitrogens is 4. The normalized spacial score (nSPS) is 15.5. The minimum absolute atomic E-state index is 0.107. The van der Waals surface area contributed by atoms with Crippen LogP contribution in [0, 0.1) is 0 Å². The minimum Gasteiger partial charge on any atom is -0.476 e. The number of thiazole rings is 1. The number of nitrogens with one attached hydrogen (secondary N) is 1. The van der Waals surface area contributed by atoms with E-state index in [-0.39, 0.29) is 6.04 Å². The van der Waals surface area contributed by atoms with Crippen molar-refractivity contribution in [3.05, 3.63) is 46.8 Å². The van der Waals surface area contributed by atoms with E-state index >= 15 is 0 Å². The number of nitrogens with zero attached hydrogens (tertiary/aromatic N) is 5. The second kappa shape index (κ2) is 8.90.